The first-order valence-electron chi connectivity index (χ1n) is 8.31. The number of carbonyl (C=O) groups excluding carboxylic acids is 2. The summed E-state index contributed by atoms with van der Waals surface area (Å²) >= 11 is 1.34. The molecule has 26 heavy (non-hydrogen) atoms. The Balaban J connectivity index is 1.68. The Bertz CT molecular complexity index is 832. The van der Waals surface area contributed by atoms with Crippen molar-refractivity contribution >= 4 is 23.2 Å². The summed E-state index contributed by atoms with van der Waals surface area (Å²) in [7, 11) is 0. The standard InChI is InChI=1S/C21H19NO3S/c23-20(19-12-7-13-26-19)22-18(14-16-8-3-1-4-9-16)21(24)25-15-17-10-5-2-6-11-17/h1-13,18H,14-15H2,(H,22,23). The third kappa shape index (κ3) is 5.04. The summed E-state index contributed by atoms with van der Waals surface area (Å²) in [5.74, 6) is -0.708. The van der Waals surface area contributed by atoms with Gasteiger partial charge in [0.25, 0.3) is 5.91 Å². The van der Waals surface area contributed by atoms with E-state index in [0.717, 1.165) is 11.1 Å². The summed E-state index contributed by atoms with van der Waals surface area (Å²) < 4.78 is 5.43. The van der Waals surface area contributed by atoms with Gasteiger partial charge in [-0.15, -0.1) is 11.3 Å². The quantitative estimate of drug-likeness (QED) is 0.648. The van der Waals surface area contributed by atoms with Crippen LogP contribution in [0.25, 0.3) is 0 Å². The lowest BCUT2D eigenvalue weighted by Gasteiger charge is -2.17. The van der Waals surface area contributed by atoms with Crippen LogP contribution in [0.5, 0.6) is 0 Å². The van der Waals surface area contributed by atoms with Crippen LogP contribution < -0.4 is 5.32 Å². The molecule has 1 heterocycles. The summed E-state index contributed by atoms with van der Waals surface area (Å²) in [6.45, 7) is 0.180. The first-order valence-corrected chi connectivity index (χ1v) is 9.19. The summed E-state index contributed by atoms with van der Waals surface area (Å²) in [6, 6.07) is 21.8. The Morgan fingerprint density at radius 2 is 1.54 bits per heavy atom. The second-order valence-corrected chi connectivity index (χ2v) is 6.73. The van der Waals surface area contributed by atoms with Crippen LogP contribution in [0.4, 0.5) is 0 Å². The van der Waals surface area contributed by atoms with Crippen molar-refractivity contribution in [1.82, 2.24) is 5.32 Å². The minimum Gasteiger partial charge on any atom is -0.459 e. The second kappa shape index (κ2) is 8.97. The van der Waals surface area contributed by atoms with Crippen molar-refractivity contribution in [2.75, 3.05) is 0 Å². The normalized spacial score (nSPS) is 11.5. The molecule has 1 unspecified atom stereocenters. The second-order valence-electron chi connectivity index (χ2n) is 5.79. The van der Waals surface area contributed by atoms with E-state index in [1.54, 1.807) is 12.1 Å². The third-order valence-electron chi connectivity index (χ3n) is 3.84. The third-order valence-corrected chi connectivity index (χ3v) is 4.71. The predicted octanol–water partition coefficient (Wildman–Crippen LogP) is 3.83. The number of amides is 1. The molecule has 0 aliphatic carbocycles. The van der Waals surface area contributed by atoms with E-state index in [1.165, 1.54) is 11.3 Å². The van der Waals surface area contributed by atoms with Crippen LogP contribution in [0.15, 0.2) is 78.2 Å². The Morgan fingerprint density at radius 1 is 0.885 bits per heavy atom. The SMILES string of the molecule is O=C(NC(Cc1ccccc1)C(=O)OCc1ccccc1)c1cccs1. The van der Waals surface area contributed by atoms with Gasteiger partial charge in [-0.2, -0.15) is 0 Å². The van der Waals surface area contributed by atoms with E-state index in [1.807, 2.05) is 66.0 Å². The molecule has 0 saturated heterocycles. The van der Waals surface area contributed by atoms with Gasteiger partial charge < -0.3 is 10.1 Å². The average molecular weight is 365 g/mol. The van der Waals surface area contributed by atoms with E-state index in [4.69, 9.17) is 4.74 Å². The Labute approximate surface area is 156 Å². The lowest BCUT2D eigenvalue weighted by atomic mass is 10.1. The Kier molecular flexibility index (Phi) is 6.17. The van der Waals surface area contributed by atoms with Crippen molar-refractivity contribution < 1.29 is 14.3 Å². The van der Waals surface area contributed by atoms with Crippen LogP contribution in [0, 0.1) is 0 Å². The number of carbonyl (C=O) groups is 2. The largest absolute Gasteiger partial charge is 0.459 e. The lowest BCUT2D eigenvalue weighted by molar-refractivity contribution is -0.147. The van der Waals surface area contributed by atoms with Crippen LogP contribution >= 0.6 is 11.3 Å². The number of rotatable bonds is 7. The van der Waals surface area contributed by atoms with Crippen molar-refractivity contribution in [2.45, 2.75) is 19.1 Å². The maximum atomic E-state index is 12.6. The van der Waals surface area contributed by atoms with Crippen LogP contribution in [-0.4, -0.2) is 17.9 Å². The minimum absolute atomic E-state index is 0.180. The molecule has 0 saturated carbocycles. The van der Waals surface area contributed by atoms with Gasteiger partial charge in [-0.1, -0.05) is 66.7 Å². The van der Waals surface area contributed by atoms with Gasteiger partial charge in [-0.25, -0.2) is 4.79 Å². The summed E-state index contributed by atoms with van der Waals surface area (Å²) in [4.78, 5) is 25.5. The van der Waals surface area contributed by atoms with Crippen LogP contribution in [-0.2, 0) is 22.6 Å². The summed E-state index contributed by atoms with van der Waals surface area (Å²) in [6.07, 6.45) is 0.381. The zero-order valence-corrected chi connectivity index (χ0v) is 14.9. The molecule has 2 aromatic carbocycles. The molecule has 3 aromatic rings. The van der Waals surface area contributed by atoms with Crippen molar-refractivity contribution in [2.24, 2.45) is 0 Å². The molecule has 0 fully saturated rings. The van der Waals surface area contributed by atoms with Gasteiger partial charge in [0.2, 0.25) is 0 Å². The van der Waals surface area contributed by atoms with Crippen molar-refractivity contribution in [3.63, 3.8) is 0 Å². The molecular formula is C21H19NO3S. The van der Waals surface area contributed by atoms with Gasteiger partial charge in [0.05, 0.1) is 4.88 Å². The smallest absolute Gasteiger partial charge is 0.329 e. The number of benzene rings is 2. The fraction of sp³-hybridized carbons (Fsp3) is 0.143. The fourth-order valence-corrected chi connectivity index (χ4v) is 3.14. The molecule has 0 bridgehead atoms. The predicted molar refractivity (Wildman–Crippen MR) is 102 cm³/mol. The summed E-state index contributed by atoms with van der Waals surface area (Å²) in [5.41, 5.74) is 1.87. The monoisotopic (exact) mass is 365 g/mol. The van der Waals surface area contributed by atoms with E-state index in [9.17, 15) is 9.59 Å². The molecule has 1 N–H and O–H groups in total. The van der Waals surface area contributed by atoms with Crippen molar-refractivity contribution in [1.29, 1.82) is 0 Å². The van der Waals surface area contributed by atoms with E-state index >= 15 is 0 Å². The Morgan fingerprint density at radius 3 is 2.15 bits per heavy atom. The minimum atomic E-state index is -0.740. The topological polar surface area (TPSA) is 55.4 Å². The summed E-state index contributed by atoms with van der Waals surface area (Å²) in [5, 5.41) is 4.63. The highest BCUT2D eigenvalue weighted by Gasteiger charge is 2.23. The van der Waals surface area contributed by atoms with E-state index in [2.05, 4.69) is 5.32 Å². The molecule has 3 rings (SSSR count). The number of thiophene rings is 1. The molecule has 5 heteroatoms. The highest BCUT2D eigenvalue weighted by atomic mass is 32.1. The van der Waals surface area contributed by atoms with Crippen molar-refractivity contribution in [3.05, 3.63) is 94.2 Å². The van der Waals surface area contributed by atoms with Crippen LogP contribution in [0.1, 0.15) is 20.8 Å². The molecule has 1 atom stereocenters. The zero-order chi connectivity index (χ0) is 18.2. The molecule has 0 aliphatic rings. The lowest BCUT2D eigenvalue weighted by Crippen LogP contribution is -2.43. The number of ether oxygens (including phenoxy) is 1. The van der Waals surface area contributed by atoms with E-state index in [-0.39, 0.29) is 12.5 Å². The van der Waals surface area contributed by atoms with Crippen LogP contribution in [0.3, 0.4) is 0 Å². The fourth-order valence-electron chi connectivity index (χ4n) is 2.51. The van der Waals surface area contributed by atoms with Gasteiger partial charge >= 0.3 is 5.97 Å². The number of hydrogen-bond acceptors (Lipinski definition) is 4. The maximum Gasteiger partial charge on any atom is 0.329 e. The van der Waals surface area contributed by atoms with Gasteiger partial charge in [0.15, 0.2) is 0 Å². The Hall–Kier alpha value is -2.92. The first-order chi connectivity index (χ1) is 12.7. The van der Waals surface area contributed by atoms with E-state index in [0.29, 0.717) is 11.3 Å². The highest BCUT2D eigenvalue weighted by Crippen LogP contribution is 2.11. The first kappa shape index (κ1) is 17.9. The zero-order valence-electron chi connectivity index (χ0n) is 14.1. The van der Waals surface area contributed by atoms with Crippen molar-refractivity contribution in [3.8, 4) is 0 Å². The molecule has 1 aromatic heterocycles. The number of hydrogen-bond donors (Lipinski definition) is 1. The number of nitrogens with one attached hydrogen (secondary N) is 1. The van der Waals surface area contributed by atoms with Gasteiger partial charge in [0, 0.05) is 6.42 Å². The van der Waals surface area contributed by atoms with Gasteiger partial charge in [-0.3, -0.25) is 4.79 Å². The molecule has 0 aliphatic heterocycles. The van der Waals surface area contributed by atoms with Crippen LogP contribution in [0.2, 0.25) is 0 Å². The van der Waals surface area contributed by atoms with Gasteiger partial charge in [0.1, 0.15) is 12.6 Å². The molecular weight excluding hydrogens is 346 g/mol. The van der Waals surface area contributed by atoms with Gasteiger partial charge in [-0.05, 0) is 22.6 Å². The molecule has 0 radical (unpaired) electrons. The maximum absolute atomic E-state index is 12.6. The molecule has 4 nitrogen and oxygen atoms in total. The molecule has 132 valence electrons. The average Bonchev–Trinajstić information content (AvgIpc) is 3.22. The molecule has 0 spiro atoms. The number of esters is 1. The van der Waals surface area contributed by atoms with E-state index < -0.39 is 12.0 Å². The molecule has 1 amide bonds. The highest BCUT2D eigenvalue weighted by molar-refractivity contribution is 7.12.